The summed E-state index contributed by atoms with van der Waals surface area (Å²) in [7, 11) is 4.52. The second kappa shape index (κ2) is 10.2. The van der Waals surface area contributed by atoms with E-state index in [1.54, 1.807) is 24.3 Å². The summed E-state index contributed by atoms with van der Waals surface area (Å²) >= 11 is 12.5. The molecule has 7 nitrogen and oxygen atoms in total. The van der Waals surface area contributed by atoms with Crippen LogP contribution in [-0.4, -0.2) is 36.8 Å². The first-order valence-electron chi connectivity index (χ1n) is 10.4. The van der Waals surface area contributed by atoms with E-state index in [0.717, 1.165) is 16.6 Å². The molecule has 1 aromatic heterocycles. The number of hydrogen-bond donors (Lipinski definition) is 1. The number of nitrogens with one attached hydrogen (secondary N) is 1. The monoisotopic (exact) mass is 499 g/mol. The smallest absolute Gasteiger partial charge is 0.251 e. The second-order valence-corrected chi connectivity index (χ2v) is 8.28. The van der Waals surface area contributed by atoms with E-state index < -0.39 is 0 Å². The van der Waals surface area contributed by atoms with Crippen LogP contribution in [0.5, 0.6) is 17.2 Å². The highest BCUT2D eigenvalue weighted by Gasteiger charge is 2.18. The number of benzene rings is 3. The van der Waals surface area contributed by atoms with Gasteiger partial charge in [0.25, 0.3) is 5.91 Å². The number of imidazole rings is 1. The Morgan fingerprint density at radius 2 is 1.68 bits per heavy atom. The lowest BCUT2D eigenvalue weighted by atomic mass is 10.1. The fourth-order valence-electron chi connectivity index (χ4n) is 3.73. The van der Waals surface area contributed by atoms with Gasteiger partial charge in [0.15, 0.2) is 11.5 Å². The predicted octanol–water partition coefficient (Wildman–Crippen LogP) is 5.35. The summed E-state index contributed by atoms with van der Waals surface area (Å²) in [5, 5.41) is 4.08. The summed E-state index contributed by atoms with van der Waals surface area (Å²) in [6, 6.07) is 16.4. The average molecular weight is 500 g/mol. The number of carbonyl (C=O) groups excluding carboxylic acids is 1. The minimum absolute atomic E-state index is 0.204. The second-order valence-electron chi connectivity index (χ2n) is 7.44. The number of aromatic nitrogens is 2. The third kappa shape index (κ3) is 4.76. The van der Waals surface area contributed by atoms with Gasteiger partial charge in [-0.05, 0) is 42.0 Å². The molecule has 0 aliphatic carbocycles. The van der Waals surface area contributed by atoms with Crippen LogP contribution in [0.15, 0.2) is 54.6 Å². The van der Waals surface area contributed by atoms with Crippen LogP contribution in [0.2, 0.25) is 10.0 Å². The molecule has 0 saturated carbocycles. The molecule has 0 aliphatic heterocycles. The van der Waals surface area contributed by atoms with Crippen molar-refractivity contribution in [2.24, 2.45) is 0 Å². The minimum Gasteiger partial charge on any atom is -0.493 e. The van der Waals surface area contributed by atoms with Crippen LogP contribution in [0.25, 0.3) is 11.0 Å². The van der Waals surface area contributed by atoms with Crippen molar-refractivity contribution >= 4 is 40.1 Å². The van der Waals surface area contributed by atoms with Crippen LogP contribution >= 0.6 is 23.2 Å². The highest BCUT2D eigenvalue weighted by Crippen LogP contribution is 2.38. The topological polar surface area (TPSA) is 74.6 Å². The maximum atomic E-state index is 13.0. The van der Waals surface area contributed by atoms with E-state index in [9.17, 15) is 4.79 Å². The fourth-order valence-corrected chi connectivity index (χ4v) is 4.20. The SMILES string of the molecule is COc1cc(C(=O)NCc2nc3ccccc3n2Cc2ccc(Cl)cc2Cl)cc(OC)c1OC. The number of rotatable bonds is 8. The molecule has 1 amide bonds. The van der Waals surface area contributed by atoms with Gasteiger partial charge in [0.2, 0.25) is 5.75 Å². The Morgan fingerprint density at radius 3 is 2.32 bits per heavy atom. The predicted molar refractivity (Wildman–Crippen MR) is 133 cm³/mol. The molecule has 0 radical (unpaired) electrons. The van der Waals surface area contributed by atoms with Gasteiger partial charge in [0, 0.05) is 15.6 Å². The molecule has 4 aromatic rings. The van der Waals surface area contributed by atoms with E-state index in [1.165, 1.54) is 21.3 Å². The van der Waals surface area contributed by atoms with Crippen molar-refractivity contribution in [2.75, 3.05) is 21.3 Å². The molecule has 1 N–H and O–H groups in total. The Balaban J connectivity index is 1.63. The zero-order chi connectivity index (χ0) is 24.2. The van der Waals surface area contributed by atoms with Crippen molar-refractivity contribution in [1.29, 1.82) is 0 Å². The van der Waals surface area contributed by atoms with Crippen LogP contribution in [0.3, 0.4) is 0 Å². The first kappa shape index (κ1) is 23.7. The maximum absolute atomic E-state index is 13.0. The van der Waals surface area contributed by atoms with E-state index in [-0.39, 0.29) is 12.5 Å². The van der Waals surface area contributed by atoms with Crippen LogP contribution in [0.4, 0.5) is 0 Å². The van der Waals surface area contributed by atoms with Crippen molar-refractivity contribution < 1.29 is 19.0 Å². The summed E-state index contributed by atoms with van der Waals surface area (Å²) in [5.74, 6) is 1.60. The van der Waals surface area contributed by atoms with Gasteiger partial charge in [-0.2, -0.15) is 0 Å². The third-order valence-corrected chi connectivity index (χ3v) is 6.00. The van der Waals surface area contributed by atoms with Gasteiger partial charge < -0.3 is 24.1 Å². The van der Waals surface area contributed by atoms with Crippen molar-refractivity contribution in [1.82, 2.24) is 14.9 Å². The van der Waals surface area contributed by atoms with Gasteiger partial charge in [0.05, 0.1) is 45.5 Å². The van der Waals surface area contributed by atoms with Gasteiger partial charge in [-0.15, -0.1) is 0 Å². The number of para-hydroxylation sites is 2. The van der Waals surface area contributed by atoms with Crippen molar-refractivity contribution in [3.63, 3.8) is 0 Å². The summed E-state index contributed by atoms with van der Waals surface area (Å²) in [4.78, 5) is 17.7. The Kier molecular flexibility index (Phi) is 7.14. The van der Waals surface area contributed by atoms with E-state index in [2.05, 4.69) is 5.32 Å². The Bertz CT molecular complexity index is 1330. The van der Waals surface area contributed by atoms with Gasteiger partial charge in [0.1, 0.15) is 5.82 Å². The summed E-state index contributed by atoms with van der Waals surface area (Å²) in [6.45, 7) is 0.682. The number of methoxy groups -OCH3 is 3. The lowest BCUT2D eigenvalue weighted by molar-refractivity contribution is 0.0948. The van der Waals surface area contributed by atoms with E-state index in [1.807, 2.05) is 34.9 Å². The number of carbonyl (C=O) groups is 1. The third-order valence-electron chi connectivity index (χ3n) is 5.41. The minimum atomic E-state index is -0.303. The zero-order valence-corrected chi connectivity index (χ0v) is 20.4. The highest BCUT2D eigenvalue weighted by molar-refractivity contribution is 6.35. The molecule has 0 unspecified atom stereocenters. The number of ether oxygens (including phenoxy) is 3. The van der Waals surface area contributed by atoms with Gasteiger partial charge in [-0.25, -0.2) is 4.98 Å². The van der Waals surface area contributed by atoms with Crippen LogP contribution in [0, 0.1) is 0 Å². The number of amides is 1. The number of fused-ring (bicyclic) bond motifs is 1. The number of nitrogens with zero attached hydrogens (tertiary/aromatic N) is 2. The molecular formula is C25H23Cl2N3O4. The molecule has 0 fully saturated rings. The van der Waals surface area contributed by atoms with Gasteiger partial charge >= 0.3 is 0 Å². The Hall–Kier alpha value is -3.42. The van der Waals surface area contributed by atoms with Crippen molar-refractivity contribution in [3.8, 4) is 17.2 Å². The molecule has 176 valence electrons. The molecule has 0 bridgehead atoms. The summed E-state index contributed by atoms with van der Waals surface area (Å²) < 4.78 is 18.1. The Labute approximate surface area is 207 Å². The average Bonchev–Trinajstić information content (AvgIpc) is 3.20. The van der Waals surface area contributed by atoms with E-state index in [0.29, 0.717) is 45.2 Å². The molecule has 34 heavy (non-hydrogen) atoms. The normalized spacial score (nSPS) is 10.9. The maximum Gasteiger partial charge on any atom is 0.251 e. The molecular weight excluding hydrogens is 477 g/mol. The molecule has 1 heterocycles. The standard InChI is InChI=1S/C25H23Cl2N3O4/c1-32-21-10-16(11-22(33-2)24(21)34-3)25(31)28-13-23-29-19-6-4-5-7-20(19)30(23)14-15-8-9-17(26)12-18(15)27/h4-12H,13-14H2,1-3H3,(H,28,31). The van der Waals surface area contributed by atoms with E-state index in [4.69, 9.17) is 42.4 Å². The molecule has 0 spiro atoms. The molecule has 0 atom stereocenters. The summed E-state index contributed by atoms with van der Waals surface area (Å²) in [6.07, 6.45) is 0. The molecule has 3 aromatic carbocycles. The van der Waals surface area contributed by atoms with Gasteiger partial charge in [-0.3, -0.25) is 4.79 Å². The first-order chi connectivity index (χ1) is 16.4. The number of halogens is 2. The lowest BCUT2D eigenvalue weighted by Crippen LogP contribution is -2.25. The lowest BCUT2D eigenvalue weighted by Gasteiger charge is -2.14. The summed E-state index contributed by atoms with van der Waals surface area (Å²) in [5.41, 5.74) is 3.03. The van der Waals surface area contributed by atoms with Crippen LogP contribution in [0.1, 0.15) is 21.7 Å². The molecule has 4 rings (SSSR count). The zero-order valence-electron chi connectivity index (χ0n) is 18.9. The van der Waals surface area contributed by atoms with Crippen LogP contribution in [-0.2, 0) is 13.1 Å². The molecule has 9 heteroatoms. The first-order valence-corrected chi connectivity index (χ1v) is 11.2. The fraction of sp³-hybridized carbons (Fsp3) is 0.200. The van der Waals surface area contributed by atoms with Crippen LogP contribution < -0.4 is 19.5 Å². The Morgan fingerprint density at radius 1 is 0.971 bits per heavy atom. The van der Waals surface area contributed by atoms with Crippen molar-refractivity contribution in [3.05, 3.63) is 81.6 Å². The molecule has 0 saturated heterocycles. The number of hydrogen-bond acceptors (Lipinski definition) is 5. The van der Waals surface area contributed by atoms with Crippen molar-refractivity contribution in [2.45, 2.75) is 13.1 Å². The van der Waals surface area contributed by atoms with Gasteiger partial charge in [-0.1, -0.05) is 41.4 Å². The van der Waals surface area contributed by atoms with E-state index >= 15 is 0 Å². The molecule has 0 aliphatic rings. The quantitative estimate of drug-likeness (QED) is 0.353. The highest BCUT2D eigenvalue weighted by atomic mass is 35.5. The largest absolute Gasteiger partial charge is 0.493 e.